The molecule has 1 N–H and O–H groups in total. The number of amides is 1. The molecule has 0 bridgehead atoms. The molecule has 0 radical (unpaired) electrons. The van der Waals surface area contributed by atoms with Crippen molar-refractivity contribution in [2.75, 3.05) is 19.5 Å². The zero-order chi connectivity index (χ0) is 20.8. The third-order valence-electron chi connectivity index (χ3n) is 5.17. The summed E-state index contributed by atoms with van der Waals surface area (Å²) in [5.74, 6) is 0.222. The molecule has 2 aromatic carbocycles. The van der Waals surface area contributed by atoms with E-state index < -0.39 is 27.4 Å². The van der Waals surface area contributed by atoms with Crippen molar-refractivity contribution in [1.82, 2.24) is 4.90 Å². The predicted molar refractivity (Wildman–Crippen MR) is 106 cm³/mol. The van der Waals surface area contributed by atoms with Crippen molar-refractivity contribution >= 4 is 27.3 Å². The fraction of sp³-hybridized carbons (Fsp3) is 0.250. The first kappa shape index (κ1) is 22.6. The van der Waals surface area contributed by atoms with Gasteiger partial charge in [0.25, 0.3) is 5.91 Å². The number of carbonyl (C=O) groups excluding carboxylic acids is 1. The van der Waals surface area contributed by atoms with Crippen LogP contribution in [0.15, 0.2) is 48.7 Å². The Labute approximate surface area is 196 Å². The number of ether oxygens (including phenoxy) is 2. The summed E-state index contributed by atoms with van der Waals surface area (Å²) >= 11 is 0. The van der Waals surface area contributed by atoms with E-state index in [-0.39, 0.29) is 47.2 Å². The first-order chi connectivity index (χ1) is 13.8. The molecule has 0 saturated carbocycles. The van der Waals surface area contributed by atoms with Gasteiger partial charge < -0.3 is 24.2 Å². The van der Waals surface area contributed by atoms with Crippen LogP contribution >= 0.6 is 0 Å². The van der Waals surface area contributed by atoms with Crippen molar-refractivity contribution in [1.29, 1.82) is 0 Å². The zero-order valence-corrected chi connectivity index (χ0v) is 19.6. The summed E-state index contributed by atoms with van der Waals surface area (Å²) in [5, 5.41) is 1.26. The maximum atomic E-state index is 13.3. The van der Waals surface area contributed by atoms with Gasteiger partial charge in [-0.3, -0.25) is 4.79 Å². The van der Waals surface area contributed by atoms with E-state index in [1.165, 1.54) is 31.3 Å². The van der Waals surface area contributed by atoms with Crippen LogP contribution in [0, 0.1) is 0 Å². The van der Waals surface area contributed by atoms with Crippen LogP contribution in [0.4, 0.5) is 5.69 Å². The minimum absolute atomic E-state index is 0. The molecular formula is C20H19N2NaO6S. The molecule has 1 amide bonds. The number of fused-ring (bicyclic) bond motifs is 2. The maximum Gasteiger partial charge on any atom is 1.00 e. The molecule has 30 heavy (non-hydrogen) atoms. The predicted octanol–water partition coefficient (Wildman–Crippen LogP) is -0.740. The number of benzene rings is 2. The number of nitrogens with zero attached hydrogens (tertiary/aromatic N) is 1. The third kappa shape index (κ3) is 3.95. The van der Waals surface area contributed by atoms with Crippen molar-refractivity contribution in [3.05, 3.63) is 59.8 Å². The van der Waals surface area contributed by atoms with E-state index in [4.69, 9.17) is 9.47 Å². The standard InChI is InChI=1S/C20H20N2O6S.Na/c1-27-17-9-14-15(10-18(17)28-2)21-19(29(24,25)26)16-8-13(11-22(16)20(14)23)12-6-4-3-5-7-12;/h3-7,9-11,16,19,21H,8H2,1-2H3,(H,24,25,26);/q;+1/p-1/t16-,19-;/m0./s1. The van der Waals surface area contributed by atoms with Gasteiger partial charge >= 0.3 is 29.6 Å². The number of methoxy groups -OCH3 is 2. The Bertz CT molecular complexity index is 1100. The zero-order valence-electron chi connectivity index (χ0n) is 16.8. The molecule has 152 valence electrons. The van der Waals surface area contributed by atoms with E-state index in [0.717, 1.165) is 11.1 Å². The van der Waals surface area contributed by atoms with Gasteiger partial charge in [-0.2, -0.15) is 0 Å². The van der Waals surface area contributed by atoms with E-state index in [1.807, 2.05) is 30.3 Å². The largest absolute Gasteiger partial charge is 1.00 e. The fourth-order valence-corrected chi connectivity index (χ4v) is 4.66. The van der Waals surface area contributed by atoms with Gasteiger partial charge in [0.05, 0.1) is 31.5 Å². The van der Waals surface area contributed by atoms with Gasteiger partial charge in [-0.1, -0.05) is 30.3 Å². The Morgan fingerprint density at radius 2 is 1.73 bits per heavy atom. The van der Waals surface area contributed by atoms with Crippen LogP contribution in [-0.4, -0.2) is 49.4 Å². The Morgan fingerprint density at radius 1 is 1.10 bits per heavy atom. The van der Waals surface area contributed by atoms with E-state index >= 15 is 0 Å². The molecule has 0 aliphatic carbocycles. The molecule has 0 spiro atoms. The molecule has 2 aliphatic rings. The van der Waals surface area contributed by atoms with Crippen LogP contribution in [0.1, 0.15) is 22.3 Å². The van der Waals surface area contributed by atoms with Crippen LogP contribution in [-0.2, 0) is 10.1 Å². The first-order valence-corrected chi connectivity index (χ1v) is 10.4. The molecule has 2 atom stereocenters. The number of carbonyl (C=O) groups is 1. The van der Waals surface area contributed by atoms with Crippen molar-refractivity contribution in [3.63, 3.8) is 0 Å². The second kappa shape index (κ2) is 8.60. The minimum atomic E-state index is -4.77. The van der Waals surface area contributed by atoms with Gasteiger partial charge in [0.2, 0.25) is 0 Å². The van der Waals surface area contributed by atoms with Crippen LogP contribution in [0.25, 0.3) is 5.57 Å². The van der Waals surface area contributed by atoms with Crippen molar-refractivity contribution in [3.8, 4) is 11.5 Å². The van der Waals surface area contributed by atoms with Gasteiger partial charge in [0, 0.05) is 12.3 Å². The first-order valence-electron chi connectivity index (χ1n) is 8.89. The van der Waals surface area contributed by atoms with Crippen molar-refractivity contribution in [2.45, 2.75) is 17.8 Å². The molecule has 2 aliphatic heterocycles. The fourth-order valence-electron chi connectivity index (χ4n) is 3.78. The molecule has 0 saturated heterocycles. The monoisotopic (exact) mass is 438 g/mol. The summed E-state index contributed by atoms with van der Waals surface area (Å²) in [6.45, 7) is 0. The summed E-state index contributed by atoms with van der Waals surface area (Å²) in [7, 11) is -1.90. The SMILES string of the molecule is COc1cc2c(cc1OC)C(=O)N1C=C(c3ccccc3)C[C@H]1[C@H](S(=O)(=O)[O-])N2.[Na+]. The van der Waals surface area contributed by atoms with Gasteiger partial charge in [-0.25, -0.2) is 8.42 Å². The van der Waals surface area contributed by atoms with Crippen molar-refractivity contribution in [2.24, 2.45) is 0 Å². The Morgan fingerprint density at radius 3 is 2.33 bits per heavy atom. The second-order valence-electron chi connectivity index (χ2n) is 6.81. The summed E-state index contributed by atoms with van der Waals surface area (Å²) in [5.41, 5.74) is 2.05. The number of rotatable bonds is 4. The van der Waals surface area contributed by atoms with Crippen LogP contribution in [0.5, 0.6) is 11.5 Å². The number of anilines is 1. The Hall–Kier alpha value is -2.04. The number of nitrogens with one attached hydrogen (secondary N) is 1. The summed E-state index contributed by atoms with van der Waals surface area (Å²) < 4.78 is 46.8. The van der Waals surface area contributed by atoms with Crippen LogP contribution in [0.2, 0.25) is 0 Å². The Kier molecular flexibility index (Phi) is 6.49. The molecule has 0 aromatic heterocycles. The topological polar surface area (TPSA) is 108 Å². The molecule has 2 heterocycles. The normalized spacial score (nSPS) is 20.2. The number of hydrogen-bond acceptors (Lipinski definition) is 7. The smallest absolute Gasteiger partial charge is 0.746 e. The molecule has 0 unspecified atom stereocenters. The van der Waals surface area contributed by atoms with E-state index in [2.05, 4.69) is 5.32 Å². The molecule has 0 fully saturated rings. The molecule has 2 aromatic rings. The molecule has 8 nitrogen and oxygen atoms in total. The second-order valence-corrected chi connectivity index (χ2v) is 8.31. The minimum Gasteiger partial charge on any atom is -0.746 e. The van der Waals surface area contributed by atoms with Gasteiger partial charge in [-0.05, 0) is 23.6 Å². The maximum absolute atomic E-state index is 13.3. The van der Waals surface area contributed by atoms with Crippen LogP contribution in [0.3, 0.4) is 0 Å². The summed E-state index contributed by atoms with van der Waals surface area (Å²) in [6, 6.07) is 11.4. The Balaban J connectivity index is 0.00000256. The van der Waals surface area contributed by atoms with E-state index in [0.29, 0.717) is 11.5 Å². The van der Waals surface area contributed by atoms with E-state index in [1.54, 1.807) is 6.20 Å². The molecule has 4 rings (SSSR count). The average molecular weight is 438 g/mol. The summed E-state index contributed by atoms with van der Waals surface area (Å²) in [6.07, 6.45) is 1.85. The average Bonchev–Trinajstić information content (AvgIpc) is 3.11. The van der Waals surface area contributed by atoms with E-state index in [9.17, 15) is 17.8 Å². The quantitative estimate of drug-likeness (QED) is 0.495. The number of hydrogen-bond donors (Lipinski definition) is 1. The van der Waals surface area contributed by atoms with Crippen molar-refractivity contribution < 1.29 is 56.8 Å². The summed E-state index contributed by atoms with van der Waals surface area (Å²) in [4.78, 5) is 14.6. The molecule has 10 heteroatoms. The van der Waals surface area contributed by atoms with Gasteiger partial charge in [0.15, 0.2) is 11.5 Å². The molecular weight excluding hydrogens is 419 g/mol. The van der Waals surface area contributed by atoms with Gasteiger partial charge in [0.1, 0.15) is 15.5 Å². The third-order valence-corrected chi connectivity index (χ3v) is 6.23. The van der Waals surface area contributed by atoms with Crippen LogP contribution < -0.4 is 44.3 Å². The van der Waals surface area contributed by atoms with Gasteiger partial charge in [-0.15, -0.1) is 0 Å².